The summed E-state index contributed by atoms with van der Waals surface area (Å²) in [7, 11) is 3.75. The Morgan fingerprint density at radius 2 is 1.84 bits per heavy atom. The zero-order chi connectivity index (χ0) is 22.5. The molecule has 0 bridgehead atoms. The fourth-order valence-electron chi connectivity index (χ4n) is 3.77. The maximum atomic E-state index is 11.6. The summed E-state index contributed by atoms with van der Waals surface area (Å²) in [6, 6.07) is 7.55. The molecule has 2 fully saturated rings. The van der Waals surface area contributed by atoms with E-state index < -0.39 is 0 Å². The molecule has 0 aromatic carbocycles. The molecule has 9 nitrogen and oxygen atoms in total. The third-order valence-corrected chi connectivity index (χ3v) is 5.63. The Morgan fingerprint density at radius 3 is 2.50 bits per heavy atom. The van der Waals surface area contributed by atoms with E-state index in [0.29, 0.717) is 23.1 Å². The molecule has 0 amide bonds. The first-order valence-electron chi connectivity index (χ1n) is 11.2. The number of aromatic amines is 1. The van der Waals surface area contributed by atoms with Crippen LogP contribution in [0.5, 0.6) is 0 Å². The molecule has 4 aromatic rings. The van der Waals surface area contributed by atoms with Crippen molar-refractivity contribution in [2.45, 2.75) is 38.1 Å². The number of nitrogens with two attached hydrogens (primary N) is 1. The molecular formula is C23H31N7O2. The average molecular weight is 438 g/mol. The number of hydrogen-bond donors (Lipinski definition) is 3. The minimum atomic E-state index is -0.183. The number of rotatable bonds is 2. The lowest BCUT2D eigenvalue weighted by Crippen LogP contribution is -2.27. The van der Waals surface area contributed by atoms with Gasteiger partial charge in [0.05, 0.1) is 11.6 Å². The second-order valence-corrected chi connectivity index (χ2v) is 8.19. The van der Waals surface area contributed by atoms with Crippen LogP contribution >= 0.6 is 0 Å². The highest BCUT2D eigenvalue weighted by Crippen LogP contribution is 2.33. The molecule has 0 unspecified atom stereocenters. The number of pyridine rings is 1. The Bertz CT molecular complexity index is 1220. The van der Waals surface area contributed by atoms with Gasteiger partial charge in [-0.1, -0.05) is 6.42 Å². The molecule has 4 aromatic heterocycles. The summed E-state index contributed by atoms with van der Waals surface area (Å²) in [6.07, 6.45) is 9.75. The highest BCUT2D eigenvalue weighted by Gasteiger charge is 2.20. The molecular weight excluding hydrogens is 406 g/mol. The molecule has 5 heterocycles. The Balaban J connectivity index is 0.000000263. The fraction of sp³-hybridized carbons (Fsp3) is 0.435. The number of fused-ring (bicyclic) bond motifs is 2. The van der Waals surface area contributed by atoms with Crippen LogP contribution in [0.4, 0.5) is 5.82 Å². The highest BCUT2D eigenvalue weighted by molar-refractivity contribution is 5.92. The van der Waals surface area contributed by atoms with Gasteiger partial charge >= 0.3 is 0 Å². The van der Waals surface area contributed by atoms with Crippen LogP contribution < -0.4 is 21.5 Å². The van der Waals surface area contributed by atoms with E-state index in [1.165, 1.54) is 38.2 Å². The van der Waals surface area contributed by atoms with E-state index in [9.17, 15) is 4.79 Å². The first-order valence-corrected chi connectivity index (χ1v) is 11.2. The van der Waals surface area contributed by atoms with Gasteiger partial charge in [-0.2, -0.15) is 0 Å². The van der Waals surface area contributed by atoms with Crippen LogP contribution in [-0.4, -0.2) is 52.8 Å². The van der Waals surface area contributed by atoms with Gasteiger partial charge in [-0.25, -0.2) is 14.5 Å². The number of hydrogen-bond acceptors (Lipinski definition) is 7. The number of aromatic nitrogens is 4. The van der Waals surface area contributed by atoms with Crippen LogP contribution in [0.15, 0.2) is 45.9 Å². The van der Waals surface area contributed by atoms with Gasteiger partial charge in [0.25, 0.3) is 5.56 Å². The molecule has 32 heavy (non-hydrogen) atoms. The molecule has 4 N–H and O–H groups in total. The standard InChI is InChI=1S/C17H15N5O2.C4H9N.C2H7N/c23-16-4-3-15-19-10-12(22(15)20-16)14-9-11-13(24-14)5-6-18-17(11)21-7-1-2-8-21;5-4-2-1-3-4;1-3-2/h3-6,9-10H,1-2,7-8H2,(H,20,23);4H,1-3,5H2;3H,1-2H3. The molecule has 1 saturated heterocycles. The minimum Gasteiger partial charge on any atom is -0.454 e. The van der Waals surface area contributed by atoms with Crippen molar-refractivity contribution < 1.29 is 4.42 Å². The third-order valence-electron chi connectivity index (χ3n) is 5.63. The predicted molar refractivity (Wildman–Crippen MR) is 127 cm³/mol. The van der Waals surface area contributed by atoms with Crippen molar-refractivity contribution in [3.05, 3.63) is 47.0 Å². The van der Waals surface area contributed by atoms with E-state index in [2.05, 4.69) is 25.3 Å². The van der Waals surface area contributed by atoms with Crippen molar-refractivity contribution in [1.29, 1.82) is 0 Å². The Kier molecular flexibility index (Phi) is 6.87. The van der Waals surface area contributed by atoms with E-state index in [4.69, 9.17) is 10.2 Å². The maximum absolute atomic E-state index is 11.6. The molecule has 170 valence electrons. The van der Waals surface area contributed by atoms with Gasteiger partial charge in [0.2, 0.25) is 0 Å². The molecule has 0 atom stereocenters. The summed E-state index contributed by atoms with van der Waals surface area (Å²) in [5, 5.41) is 6.50. The van der Waals surface area contributed by atoms with Crippen molar-refractivity contribution in [1.82, 2.24) is 24.9 Å². The van der Waals surface area contributed by atoms with E-state index >= 15 is 0 Å². The van der Waals surface area contributed by atoms with Gasteiger partial charge in [0, 0.05) is 31.4 Å². The van der Waals surface area contributed by atoms with Crippen LogP contribution in [0.1, 0.15) is 32.1 Å². The van der Waals surface area contributed by atoms with Crippen LogP contribution in [0.2, 0.25) is 0 Å². The molecule has 0 radical (unpaired) electrons. The first-order chi connectivity index (χ1) is 15.6. The molecule has 2 aliphatic rings. The Morgan fingerprint density at radius 1 is 1.12 bits per heavy atom. The molecule has 1 saturated carbocycles. The maximum Gasteiger partial charge on any atom is 0.263 e. The van der Waals surface area contributed by atoms with Crippen molar-refractivity contribution in [3.63, 3.8) is 0 Å². The average Bonchev–Trinajstić information content (AvgIpc) is 3.51. The zero-order valence-electron chi connectivity index (χ0n) is 18.7. The van der Waals surface area contributed by atoms with E-state index in [1.807, 2.05) is 26.2 Å². The molecule has 1 aliphatic heterocycles. The number of nitrogens with one attached hydrogen (secondary N) is 2. The summed E-state index contributed by atoms with van der Waals surface area (Å²) in [4.78, 5) is 22.8. The number of anilines is 1. The summed E-state index contributed by atoms with van der Waals surface area (Å²) < 4.78 is 7.65. The first kappa shape index (κ1) is 22.0. The van der Waals surface area contributed by atoms with Crippen molar-refractivity contribution >= 4 is 22.4 Å². The topological polar surface area (TPSA) is 117 Å². The number of furan rings is 1. The Labute approximate surface area is 186 Å². The zero-order valence-corrected chi connectivity index (χ0v) is 18.7. The molecule has 1 aliphatic carbocycles. The van der Waals surface area contributed by atoms with Gasteiger partial charge in [0.1, 0.15) is 17.1 Å². The quantitative estimate of drug-likeness (QED) is 0.441. The second-order valence-electron chi connectivity index (χ2n) is 8.19. The Hall–Kier alpha value is -3.17. The van der Waals surface area contributed by atoms with Gasteiger partial charge in [-0.05, 0) is 58.0 Å². The van der Waals surface area contributed by atoms with Crippen LogP contribution in [0, 0.1) is 0 Å². The van der Waals surface area contributed by atoms with Gasteiger partial charge in [-0.15, -0.1) is 0 Å². The van der Waals surface area contributed by atoms with E-state index in [1.54, 1.807) is 23.0 Å². The largest absolute Gasteiger partial charge is 0.454 e. The smallest absolute Gasteiger partial charge is 0.263 e. The predicted octanol–water partition coefficient (Wildman–Crippen LogP) is 2.76. The lowest BCUT2D eigenvalue weighted by atomic mass is 9.95. The molecule has 0 spiro atoms. The summed E-state index contributed by atoms with van der Waals surface area (Å²) in [5.41, 5.74) is 7.37. The fourth-order valence-corrected chi connectivity index (χ4v) is 3.77. The van der Waals surface area contributed by atoms with Gasteiger partial charge in [0.15, 0.2) is 11.4 Å². The van der Waals surface area contributed by atoms with Gasteiger partial charge < -0.3 is 20.4 Å². The monoisotopic (exact) mass is 437 g/mol. The van der Waals surface area contributed by atoms with Crippen molar-refractivity contribution in [2.75, 3.05) is 32.1 Å². The SMILES string of the molecule is CNC.NC1CCC1.O=c1ccc2ncc(-c3cc4c(N5CCCC5)nccc4o3)n2[nH]1. The van der Waals surface area contributed by atoms with Crippen LogP contribution in [-0.2, 0) is 0 Å². The van der Waals surface area contributed by atoms with Crippen LogP contribution in [0.25, 0.3) is 28.1 Å². The lowest BCUT2D eigenvalue weighted by molar-refractivity contribution is 0.418. The number of imidazole rings is 1. The van der Waals surface area contributed by atoms with Crippen molar-refractivity contribution in [2.24, 2.45) is 5.73 Å². The lowest BCUT2D eigenvalue weighted by Gasteiger charge is -2.18. The van der Waals surface area contributed by atoms with Crippen molar-refractivity contribution in [3.8, 4) is 11.5 Å². The van der Waals surface area contributed by atoms with E-state index in [0.717, 1.165) is 29.9 Å². The van der Waals surface area contributed by atoms with E-state index in [-0.39, 0.29) is 5.56 Å². The number of nitrogens with zero attached hydrogens (tertiary/aromatic N) is 4. The molecule has 6 rings (SSSR count). The summed E-state index contributed by atoms with van der Waals surface area (Å²) in [6.45, 7) is 2.05. The summed E-state index contributed by atoms with van der Waals surface area (Å²) in [5.74, 6) is 1.62. The molecule has 9 heteroatoms. The third kappa shape index (κ3) is 4.68. The minimum absolute atomic E-state index is 0.183. The highest BCUT2D eigenvalue weighted by atomic mass is 16.3. The van der Waals surface area contributed by atoms with Gasteiger partial charge in [-0.3, -0.25) is 9.89 Å². The number of H-pyrrole nitrogens is 1. The second kappa shape index (κ2) is 9.97. The van der Waals surface area contributed by atoms with Crippen LogP contribution in [0.3, 0.4) is 0 Å². The summed E-state index contributed by atoms with van der Waals surface area (Å²) >= 11 is 0. The normalized spacial score (nSPS) is 15.8.